The van der Waals surface area contributed by atoms with Crippen molar-refractivity contribution >= 4 is 23.0 Å². The lowest BCUT2D eigenvalue weighted by Crippen LogP contribution is -2.15. The number of nitrogens with one attached hydrogen (secondary N) is 1. The van der Waals surface area contributed by atoms with E-state index in [2.05, 4.69) is 5.32 Å². The Hall–Kier alpha value is -2.69. The average Bonchev–Trinajstić information content (AvgIpc) is 2.42. The fourth-order valence-electron chi connectivity index (χ4n) is 2.01. The molecule has 0 saturated carbocycles. The Kier molecular flexibility index (Phi) is 4.33. The summed E-state index contributed by atoms with van der Waals surface area (Å²) in [6.07, 6.45) is 0. The van der Waals surface area contributed by atoms with Crippen molar-refractivity contribution in [3.63, 3.8) is 0 Å². The third kappa shape index (κ3) is 3.45. The highest BCUT2D eigenvalue weighted by Gasteiger charge is 2.11. The molecule has 0 heterocycles. The van der Waals surface area contributed by atoms with Gasteiger partial charge in [-0.05, 0) is 55.8 Å². The molecule has 2 aromatic carbocycles. The van der Waals surface area contributed by atoms with Gasteiger partial charge >= 0.3 is 0 Å². The Morgan fingerprint density at radius 3 is 2.57 bits per heavy atom. The molecule has 0 saturated heterocycles. The van der Waals surface area contributed by atoms with Gasteiger partial charge in [-0.25, -0.2) is 0 Å². The zero-order valence-corrected chi connectivity index (χ0v) is 12.1. The molecule has 0 aliphatic carbocycles. The minimum atomic E-state index is -0.264. The third-order valence-corrected chi connectivity index (χ3v) is 3.08. The Morgan fingerprint density at radius 1 is 1.19 bits per heavy atom. The van der Waals surface area contributed by atoms with Crippen molar-refractivity contribution in [2.75, 3.05) is 23.4 Å². The Bertz CT molecular complexity index is 669. The van der Waals surface area contributed by atoms with Crippen LogP contribution in [-0.2, 0) is 0 Å². The van der Waals surface area contributed by atoms with Crippen LogP contribution in [0.5, 0.6) is 5.75 Å². The molecule has 0 bridgehead atoms. The molecule has 21 heavy (non-hydrogen) atoms. The number of hydrogen-bond acceptors (Lipinski definition) is 4. The van der Waals surface area contributed by atoms with E-state index in [1.807, 2.05) is 32.0 Å². The summed E-state index contributed by atoms with van der Waals surface area (Å²) in [7, 11) is 0. The predicted octanol–water partition coefficient (Wildman–Crippen LogP) is 2.81. The SMILES string of the molecule is CCOc1ccc(NC(=O)c2ccc(N)cc2N)c(C)c1. The van der Waals surface area contributed by atoms with Gasteiger partial charge in [-0.1, -0.05) is 0 Å². The van der Waals surface area contributed by atoms with Crippen LogP contribution in [0.25, 0.3) is 0 Å². The van der Waals surface area contributed by atoms with E-state index < -0.39 is 0 Å². The van der Waals surface area contributed by atoms with Crippen LogP contribution >= 0.6 is 0 Å². The van der Waals surface area contributed by atoms with Gasteiger partial charge in [0.05, 0.1) is 12.2 Å². The number of carbonyl (C=O) groups excluding carboxylic acids is 1. The van der Waals surface area contributed by atoms with Crippen molar-refractivity contribution in [2.45, 2.75) is 13.8 Å². The first-order valence-corrected chi connectivity index (χ1v) is 6.71. The lowest BCUT2D eigenvalue weighted by molar-refractivity contribution is 0.102. The molecule has 0 aromatic heterocycles. The Labute approximate surface area is 123 Å². The molecule has 5 nitrogen and oxygen atoms in total. The number of ether oxygens (including phenoxy) is 1. The summed E-state index contributed by atoms with van der Waals surface area (Å²) in [5, 5.41) is 2.84. The van der Waals surface area contributed by atoms with Gasteiger partial charge in [0.1, 0.15) is 5.75 Å². The molecule has 2 rings (SSSR count). The van der Waals surface area contributed by atoms with Crippen LogP contribution in [0.2, 0.25) is 0 Å². The molecule has 0 aliphatic rings. The summed E-state index contributed by atoms with van der Waals surface area (Å²) >= 11 is 0. The van der Waals surface area contributed by atoms with Crippen LogP contribution in [0.4, 0.5) is 17.1 Å². The second kappa shape index (κ2) is 6.17. The van der Waals surface area contributed by atoms with Crippen molar-refractivity contribution in [2.24, 2.45) is 0 Å². The number of benzene rings is 2. The van der Waals surface area contributed by atoms with E-state index in [4.69, 9.17) is 16.2 Å². The fourth-order valence-corrected chi connectivity index (χ4v) is 2.01. The minimum Gasteiger partial charge on any atom is -0.494 e. The van der Waals surface area contributed by atoms with Gasteiger partial charge in [-0.3, -0.25) is 4.79 Å². The molecule has 0 atom stereocenters. The predicted molar refractivity (Wildman–Crippen MR) is 85.6 cm³/mol. The van der Waals surface area contributed by atoms with Gasteiger partial charge in [0.15, 0.2) is 0 Å². The molecular formula is C16H19N3O2. The molecule has 0 aliphatic heterocycles. The minimum absolute atomic E-state index is 0.264. The Balaban J connectivity index is 2.19. The molecule has 5 heteroatoms. The monoisotopic (exact) mass is 285 g/mol. The standard InChI is InChI=1S/C16H19N3O2/c1-3-21-12-5-7-15(10(2)8-12)19-16(20)13-6-4-11(17)9-14(13)18/h4-9H,3,17-18H2,1-2H3,(H,19,20). The highest BCUT2D eigenvalue weighted by molar-refractivity contribution is 6.08. The highest BCUT2D eigenvalue weighted by atomic mass is 16.5. The summed E-state index contributed by atoms with van der Waals surface area (Å²) in [4.78, 5) is 12.2. The van der Waals surface area contributed by atoms with Crippen LogP contribution < -0.4 is 21.5 Å². The molecule has 0 fully saturated rings. The topological polar surface area (TPSA) is 90.4 Å². The van der Waals surface area contributed by atoms with E-state index in [-0.39, 0.29) is 5.91 Å². The average molecular weight is 285 g/mol. The van der Waals surface area contributed by atoms with E-state index in [1.54, 1.807) is 18.2 Å². The summed E-state index contributed by atoms with van der Waals surface area (Å²) in [6.45, 7) is 4.44. The summed E-state index contributed by atoms with van der Waals surface area (Å²) in [5.41, 5.74) is 14.4. The number of hydrogen-bond donors (Lipinski definition) is 3. The number of amides is 1. The van der Waals surface area contributed by atoms with Crippen LogP contribution in [0, 0.1) is 6.92 Å². The second-order valence-electron chi connectivity index (χ2n) is 4.71. The van der Waals surface area contributed by atoms with Crippen molar-refractivity contribution in [1.82, 2.24) is 0 Å². The van der Waals surface area contributed by atoms with Crippen molar-refractivity contribution in [1.29, 1.82) is 0 Å². The maximum atomic E-state index is 12.2. The lowest BCUT2D eigenvalue weighted by atomic mass is 10.1. The van der Waals surface area contributed by atoms with Gasteiger partial charge in [0.25, 0.3) is 5.91 Å². The van der Waals surface area contributed by atoms with Crippen LogP contribution in [0.1, 0.15) is 22.8 Å². The van der Waals surface area contributed by atoms with Gasteiger partial charge in [0, 0.05) is 17.1 Å². The molecule has 5 N–H and O–H groups in total. The molecule has 1 amide bonds. The molecule has 0 unspecified atom stereocenters. The van der Waals surface area contributed by atoms with Crippen molar-refractivity contribution in [3.05, 3.63) is 47.5 Å². The van der Waals surface area contributed by atoms with E-state index in [0.29, 0.717) is 23.5 Å². The van der Waals surface area contributed by atoms with E-state index in [0.717, 1.165) is 17.0 Å². The van der Waals surface area contributed by atoms with Crippen LogP contribution in [-0.4, -0.2) is 12.5 Å². The van der Waals surface area contributed by atoms with Crippen LogP contribution in [0.15, 0.2) is 36.4 Å². The lowest BCUT2D eigenvalue weighted by Gasteiger charge is -2.12. The zero-order valence-electron chi connectivity index (χ0n) is 12.1. The molecule has 0 spiro atoms. The smallest absolute Gasteiger partial charge is 0.257 e. The summed E-state index contributed by atoms with van der Waals surface area (Å²) in [6, 6.07) is 10.3. The normalized spacial score (nSPS) is 10.2. The number of nitrogen functional groups attached to an aromatic ring is 2. The quantitative estimate of drug-likeness (QED) is 0.753. The first-order valence-electron chi connectivity index (χ1n) is 6.71. The number of rotatable bonds is 4. The summed E-state index contributed by atoms with van der Waals surface area (Å²) < 4.78 is 5.42. The largest absolute Gasteiger partial charge is 0.494 e. The summed E-state index contributed by atoms with van der Waals surface area (Å²) in [5.74, 6) is 0.514. The number of nitrogens with two attached hydrogens (primary N) is 2. The van der Waals surface area contributed by atoms with E-state index in [9.17, 15) is 4.79 Å². The third-order valence-electron chi connectivity index (χ3n) is 3.08. The van der Waals surface area contributed by atoms with Gasteiger partial charge in [-0.2, -0.15) is 0 Å². The maximum Gasteiger partial charge on any atom is 0.257 e. The maximum absolute atomic E-state index is 12.2. The van der Waals surface area contributed by atoms with Gasteiger partial charge in [-0.15, -0.1) is 0 Å². The van der Waals surface area contributed by atoms with E-state index in [1.165, 1.54) is 0 Å². The van der Waals surface area contributed by atoms with E-state index >= 15 is 0 Å². The molecule has 2 aromatic rings. The van der Waals surface area contributed by atoms with Gasteiger partial charge in [0.2, 0.25) is 0 Å². The molecule has 110 valence electrons. The number of carbonyl (C=O) groups is 1. The Morgan fingerprint density at radius 2 is 1.95 bits per heavy atom. The van der Waals surface area contributed by atoms with Crippen LogP contribution in [0.3, 0.4) is 0 Å². The second-order valence-corrected chi connectivity index (χ2v) is 4.71. The number of anilines is 3. The van der Waals surface area contributed by atoms with Crippen molar-refractivity contribution < 1.29 is 9.53 Å². The first-order chi connectivity index (χ1) is 10.0. The highest BCUT2D eigenvalue weighted by Crippen LogP contribution is 2.23. The molecular weight excluding hydrogens is 266 g/mol. The number of aryl methyl sites for hydroxylation is 1. The fraction of sp³-hybridized carbons (Fsp3) is 0.188. The van der Waals surface area contributed by atoms with Crippen molar-refractivity contribution in [3.8, 4) is 5.75 Å². The first kappa shape index (κ1) is 14.7. The van der Waals surface area contributed by atoms with Gasteiger partial charge < -0.3 is 21.5 Å². The zero-order chi connectivity index (χ0) is 15.4. The molecule has 0 radical (unpaired) electrons.